The van der Waals surface area contributed by atoms with E-state index in [1.807, 2.05) is 36.4 Å². The van der Waals surface area contributed by atoms with Crippen molar-refractivity contribution in [1.29, 1.82) is 0 Å². The fourth-order valence-corrected chi connectivity index (χ4v) is 4.78. The normalized spacial score (nSPS) is 11.3. The molecule has 2 N–H and O–H groups in total. The van der Waals surface area contributed by atoms with Gasteiger partial charge in [0, 0.05) is 29.5 Å². The largest absolute Gasteiger partial charge is 0.477 e. The fourth-order valence-electron chi connectivity index (χ4n) is 3.95. The molecule has 0 amide bonds. The van der Waals surface area contributed by atoms with Gasteiger partial charge in [0.1, 0.15) is 22.2 Å². The van der Waals surface area contributed by atoms with Crippen LogP contribution in [-0.4, -0.2) is 41.3 Å². The van der Waals surface area contributed by atoms with E-state index in [1.165, 1.54) is 4.57 Å². The molecule has 0 aliphatic carbocycles. The third kappa shape index (κ3) is 4.02. The van der Waals surface area contributed by atoms with Crippen LogP contribution in [0.2, 0.25) is 5.02 Å². The van der Waals surface area contributed by atoms with E-state index in [1.54, 1.807) is 13.0 Å². The third-order valence-corrected chi connectivity index (χ3v) is 6.66. The number of aromatic nitrogens is 6. The molecule has 0 atom stereocenters. The first-order valence-corrected chi connectivity index (χ1v) is 11.6. The lowest BCUT2D eigenvalue weighted by Gasteiger charge is -2.16. The molecule has 0 saturated carbocycles. The van der Waals surface area contributed by atoms with Crippen LogP contribution in [0.4, 0.5) is 0 Å². The average Bonchev–Trinajstić information content (AvgIpc) is 3.50. The molecule has 0 unspecified atom stereocenters. The summed E-state index contributed by atoms with van der Waals surface area (Å²) >= 11 is 9.68. The van der Waals surface area contributed by atoms with E-state index in [2.05, 4.69) is 41.5 Å². The van der Waals surface area contributed by atoms with Crippen molar-refractivity contribution in [2.75, 3.05) is 0 Å². The molecule has 0 fully saturated rings. The lowest BCUT2D eigenvalue weighted by atomic mass is 10.0. The SMILES string of the molecule is CCc1nc(=O)c(Cl)c(C(=O)O)n1Cc1ccc2oc(-c3ccccc3-c3nnn[nH]3)c(Br)c2c1. The van der Waals surface area contributed by atoms with E-state index >= 15 is 0 Å². The smallest absolute Gasteiger partial charge is 0.354 e. The second-order valence-corrected chi connectivity index (χ2v) is 8.78. The van der Waals surface area contributed by atoms with E-state index in [4.69, 9.17) is 16.0 Å². The van der Waals surface area contributed by atoms with Gasteiger partial charge in [-0.3, -0.25) is 4.79 Å². The van der Waals surface area contributed by atoms with Crippen LogP contribution >= 0.6 is 27.5 Å². The second-order valence-electron chi connectivity index (χ2n) is 7.61. The molecule has 0 aliphatic heterocycles. The van der Waals surface area contributed by atoms with Crippen molar-refractivity contribution in [2.45, 2.75) is 19.9 Å². The number of hydrogen-bond donors (Lipinski definition) is 2. The molecule has 35 heavy (non-hydrogen) atoms. The molecule has 12 heteroatoms. The number of benzene rings is 2. The molecule has 3 aromatic heterocycles. The van der Waals surface area contributed by atoms with Crippen LogP contribution in [0.5, 0.6) is 0 Å². The van der Waals surface area contributed by atoms with Gasteiger partial charge < -0.3 is 14.1 Å². The zero-order chi connectivity index (χ0) is 24.7. The van der Waals surface area contributed by atoms with Crippen molar-refractivity contribution >= 4 is 44.5 Å². The molecular weight excluding hydrogens is 540 g/mol. The number of H-pyrrole nitrogens is 1. The summed E-state index contributed by atoms with van der Waals surface area (Å²) in [7, 11) is 0. The summed E-state index contributed by atoms with van der Waals surface area (Å²) in [4.78, 5) is 27.9. The van der Waals surface area contributed by atoms with Gasteiger partial charge in [-0.05, 0) is 44.1 Å². The fraction of sp³-hybridized carbons (Fsp3) is 0.130. The van der Waals surface area contributed by atoms with Crippen molar-refractivity contribution in [3.8, 4) is 22.7 Å². The molecule has 2 aromatic carbocycles. The number of aromatic carboxylic acids is 1. The molecule has 176 valence electrons. The Labute approximate surface area is 210 Å². The molecular formula is C23H16BrClN6O4. The van der Waals surface area contributed by atoms with Crippen LogP contribution in [0.1, 0.15) is 28.8 Å². The summed E-state index contributed by atoms with van der Waals surface area (Å²) in [5.74, 6) is 0.135. The maximum Gasteiger partial charge on any atom is 0.354 e. The van der Waals surface area contributed by atoms with Gasteiger partial charge in [-0.15, -0.1) is 5.10 Å². The number of carboxylic acid groups (broad SMARTS) is 1. The highest BCUT2D eigenvalue weighted by Crippen LogP contribution is 2.41. The Balaban J connectivity index is 1.62. The van der Waals surface area contributed by atoms with Crippen LogP contribution in [0.15, 0.2) is 56.1 Å². The number of fused-ring (bicyclic) bond motifs is 1. The number of nitrogens with zero attached hydrogens (tertiary/aromatic N) is 5. The van der Waals surface area contributed by atoms with E-state index in [-0.39, 0.29) is 12.2 Å². The first-order valence-electron chi connectivity index (χ1n) is 10.5. The molecule has 10 nitrogen and oxygen atoms in total. The van der Waals surface area contributed by atoms with Gasteiger partial charge in [-0.1, -0.05) is 48.9 Å². The van der Waals surface area contributed by atoms with Gasteiger partial charge in [-0.2, -0.15) is 4.98 Å². The minimum absolute atomic E-state index is 0.154. The molecule has 5 aromatic rings. The van der Waals surface area contributed by atoms with E-state index in [0.717, 1.165) is 26.5 Å². The number of rotatable bonds is 6. The van der Waals surface area contributed by atoms with Gasteiger partial charge in [0.25, 0.3) is 5.56 Å². The predicted molar refractivity (Wildman–Crippen MR) is 131 cm³/mol. The topological polar surface area (TPSA) is 140 Å². The maximum atomic E-state index is 12.0. The molecule has 0 radical (unpaired) electrons. The van der Waals surface area contributed by atoms with Crippen molar-refractivity contribution in [3.63, 3.8) is 0 Å². The van der Waals surface area contributed by atoms with Crippen LogP contribution in [0.25, 0.3) is 33.7 Å². The number of tetrazole rings is 1. The Morgan fingerprint density at radius 3 is 2.69 bits per heavy atom. The summed E-state index contributed by atoms with van der Waals surface area (Å²) < 4.78 is 8.34. The maximum absolute atomic E-state index is 12.0. The summed E-state index contributed by atoms with van der Waals surface area (Å²) in [6.07, 6.45) is 0.363. The first kappa shape index (κ1) is 22.9. The number of aryl methyl sites for hydroxylation is 1. The summed E-state index contributed by atoms with van der Waals surface area (Å²) in [5, 5.41) is 24.2. The lowest BCUT2D eigenvalue weighted by Crippen LogP contribution is -2.25. The van der Waals surface area contributed by atoms with Crippen LogP contribution in [0.3, 0.4) is 0 Å². The Kier molecular flexibility index (Phi) is 5.95. The van der Waals surface area contributed by atoms with Crippen LogP contribution in [0, 0.1) is 0 Å². The zero-order valence-electron chi connectivity index (χ0n) is 18.1. The summed E-state index contributed by atoms with van der Waals surface area (Å²) in [6, 6.07) is 13.1. The van der Waals surface area contributed by atoms with Crippen molar-refractivity contribution in [2.24, 2.45) is 0 Å². The third-order valence-electron chi connectivity index (χ3n) is 5.53. The highest BCUT2D eigenvalue weighted by Gasteiger charge is 2.22. The number of hydrogen-bond acceptors (Lipinski definition) is 7. The second kappa shape index (κ2) is 9.08. The van der Waals surface area contributed by atoms with Gasteiger partial charge in [0.15, 0.2) is 11.5 Å². The van der Waals surface area contributed by atoms with Gasteiger partial charge >= 0.3 is 5.97 Å². The van der Waals surface area contributed by atoms with Gasteiger partial charge in [0.05, 0.1) is 4.47 Å². The minimum Gasteiger partial charge on any atom is -0.477 e. The number of aromatic amines is 1. The summed E-state index contributed by atoms with van der Waals surface area (Å²) in [6.45, 7) is 1.95. The number of furan rings is 1. The van der Waals surface area contributed by atoms with Crippen molar-refractivity contribution in [3.05, 3.63) is 79.4 Å². The van der Waals surface area contributed by atoms with E-state index < -0.39 is 16.6 Å². The minimum atomic E-state index is -1.30. The zero-order valence-corrected chi connectivity index (χ0v) is 20.5. The van der Waals surface area contributed by atoms with Crippen LogP contribution < -0.4 is 5.56 Å². The Hall–Kier alpha value is -3.83. The van der Waals surface area contributed by atoms with E-state index in [0.29, 0.717) is 29.4 Å². The molecule has 5 rings (SSSR count). The molecule has 0 saturated heterocycles. The first-order chi connectivity index (χ1) is 16.9. The lowest BCUT2D eigenvalue weighted by molar-refractivity contribution is 0.0683. The molecule has 0 bridgehead atoms. The molecule has 3 heterocycles. The monoisotopic (exact) mass is 554 g/mol. The number of nitrogens with one attached hydrogen (secondary N) is 1. The Morgan fingerprint density at radius 1 is 1.23 bits per heavy atom. The standard InChI is InChI=1S/C23H16BrClN6O4/c1-2-16-26-22(32)18(25)19(23(33)34)31(16)10-11-7-8-15-14(9-11)17(24)20(35-15)12-5-3-4-6-13(12)21-27-29-30-28-21/h3-9H,2,10H2,1H3,(H,33,34)(H,27,28,29,30). The number of halogens is 2. The van der Waals surface area contributed by atoms with Crippen LogP contribution in [-0.2, 0) is 13.0 Å². The Morgan fingerprint density at radius 2 is 2.00 bits per heavy atom. The molecule has 0 aliphatic rings. The highest BCUT2D eigenvalue weighted by atomic mass is 79.9. The highest BCUT2D eigenvalue weighted by molar-refractivity contribution is 9.10. The number of carbonyl (C=O) groups is 1. The van der Waals surface area contributed by atoms with Gasteiger partial charge in [0.2, 0.25) is 0 Å². The quantitative estimate of drug-likeness (QED) is 0.311. The van der Waals surface area contributed by atoms with E-state index in [9.17, 15) is 14.7 Å². The van der Waals surface area contributed by atoms with Crippen molar-refractivity contribution in [1.82, 2.24) is 30.2 Å². The predicted octanol–water partition coefficient (Wildman–Crippen LogP) is 4.56. The average molecular weight is 556 g/mol. The Bertz CT molecular complexity index is 1640. The molecule has 0 spiro atoms. The number of carboxylic acids is 1. The van der Waals surface area contributed by atoms with Gasteiger partial charge in [-0.25, -0.2) is 9.89 Å². The summed E-state index contributed by atoms with van der Waals surface area (Å²) in [5.41, 5.74) is 1.92. The van der Waals surface area contributed by atoms with Crippen molar-refractivity contribution < 1.29 is 14.3 Å².